The van der Waals surface area contributed by atoms with E-state index in [1.807, 2.05) is 21.0 Å². The number of nitrogens with one attached hydrogen (secondary N) is 2. The Balaban J connectivity index is 1.98. The van der Waals surface area contributed by atoms with Gasteiger partial charge in [0.2, 0.25) is 0 Å². The zero-order chi connectivity index (χ0) is 18.2. The Morgan fingerprint density at radius 2 is 2.04 bits per heavy atom. The van der Waals surface area contributed by atoms with E-state index in [9.17, 15) is 4.79 Å². The molecule has 25 heavy (non-hydrogen) atoms. The smallest absolute Gasteiger partial charge is 0.325 e. The summed E-state index contributed by atoms with van der Waals surface area (Å²) in [6.07, 6.45) is 3.94. The average molecular weight is 364 g/mol. The van der Waals surface area contributed by atoms with Crippen LogP contribution in [0.2, 0.25) is 5.02 Å². The van der Waals surface area contributed by atoms with Crippen LogP contribution in [0.3, 0.4) is 0 Å². The molecule has 0 atom stereocenters. The fraction of sp³-hybridized carbons (Fsp3) is 0.353. The van der Waals surface area contributed by atoms with Gasteiger partial charge in [0.15, 0.2) is 5.82 Å². The number of rotatable bonds is 7. The van der Waals surface area contributed by atoms with Crippen molar-refractivity contribution in [1.82, 2.24) is 14.9 Å². The number of nitrogens with zero attached hydrogens (tertiary/aromatic N) is 3. The number of anilines is 2. The molecule has 0 aliphatic heterocycles. The molecule has 1 heterocycles. The molecule has 0 fully saturated rings. The van der Waals surface area contributed by atoms with Gasteiger partial charge < -0.3 is 15.0 Å². The van der Waals surface area contributed by atoms with Crippen molar-refractivity contribution in [3.63, 3.8) is 0 Å². The summed E-state index contributed by atoms with van der Waals surface area (Å²) in [7, 11) is 4.02. The van der Waals surface area contributed by atoms with Crippen LogP contribution in [0.4, 0.5) is 16.3 Å². The van der Waals surface area contributed by atoms with Gasteiger partial charge in [0, 0.05) is 11.6 Å². The third kappa shape index (κ3) is 6.56. The number of amides is 2. The Kier molecular flexibility index (Phi) is 6.97. The van der Waals surface area contributed by atoms with Gasteiger partial charge in [-0.3, -0.25) is 10.3 Å². The van der Waals surface area contributed by atoms with Crippen LogP contribution in [0.5, 0.6) is 5.75 Å². The molecule has 0 saturated carbocycles. The van der Waals surface area contributed by atoms with Gasteiger partial charge in [-0.2, -0.15) is 0 Å². The molecule has 0 aliphatic carbocycles. The van der Waals surface area contributed by atoms with Crippen LogP contribution in [-0.4, -0.2) is 48.1 Å². The summed E-state index contributed by atoms with van der Waals surface area (Å²) in [5.41, 5.74) is 1.27. The van der Waals surface area contributed by atoms with Gasteiger partial charge >= 0.3 is 6.03 Å². The van der Waals surface area contributed by atoms with Gasteiger partial charge in [0.05, 0.1) is 30.4 Å². The molecule has 0 bridgehead atoms. The van der Waals surface area contributed by atoms with Crippen molar-refractivity contribution in [2.24, 2.45) is 0 Å². The predicted molar refractivity (Wildman–Crippen MR) is 99.5 cm³/mol. The second-order valence-electron chi connectivity index (χ2n) is 5.77. The second-order valence-corrected chi connectivity index (χ2v) is 6.20. The summed E-state index contributed by atoms with van der Waals surface area (Å²) in [5.74, 6) is 0.923. The van der Waals surface area contributed by atoms with E-state index in [2.05, 4.69) is 25.5 Å². The fourth-order valence-electron chi connectivity index (χ4n) is 2.02. The van der Waals surface area contributed by atoms with Gasteiger partial charge in [-0.05, 0) is 45.6 Å². The minimum absolute atomic E-state index is 0.360. The Hall–Kier alpha value is -2.38. The standard InChI is InChI=1S/C17H22ClN5O2/c1-12-10-20-16(11-19-12)22-17(24)21-14-9-13(18)5-6-15(14)25-8-4-7-23(2)3/h5-6,9-11H,4,7-8H2,1-3H3,(H2,20,21,22,24). The van der Waals surface area contributed by atoms with Crippen LogP contribution in [-0.2, 0) is 0 Å². The maximum atomic E-state index is 12.2. The van der Waals surface area contributed by atoms with Crippen LogP contribution in [0.15, 0.2) is 30.6 Å². The first-order valence-corrected chi connectivity index (χ1v) is 8.25. The molecule has 0 aliphatic rings. The van der Waals surface area contributed by atoms with Crippen molar-refractivity contribution in [2.45, 2.75) is 13.3 Å². The van der Waals surface area contributed by atoms with E-state index in [0.29, 0.717) is 28.9 Å². The highest BCUT2D eigenvalue weighted by Crippen LogP contribution is 2.28. The maximum absolute atomic E-state index is 12.2. The molecular weight excluding hydrogens is 342 g/mol. The molecule has 1 aromatic heterocycles. The molecule has 2 rings (SSSR count). The van der Waals surface area contributed by atoms with E-state index in [-0.39, 0.29) is 0 Å². The first-order valence-electron chi connectivity index (χ1n) is 7.88. The number of aromatic nitrogens is 2. The number of aryl methyl sites for hydroxylation is 1. The summed E-state index contributed by atoms with van der Waals surface area (Å²) in [4.78, 5) is 22.4. The topological polar surface area (TPSA) is 79.4 Å². The van der Waals surface area contributed by atoms with Crippen LogP contribution >= 0.6 is 11.6 Å². The summed E-state index contributed by atoms with van der Waals surface area (Å²) < 4.78 is 5.75. The third-order valence-electron chi connectivity index (χ3n) is 3.22. The zero-order valence-corrected chi connectivity index (χ0v) is 15.3. The highest BCUT2D eigenvalue weighted by Gasteiger charge is 2.10. The van der Waals surface area contributed by atoms with Crippen molar-refractivity contribution >= 4 is 29.1 Å². The van der Waals surface area contributed by atoms with E-state index in [1.54, 1.807) is 24.4 Å². The lowest BCUT2D eigenvalue weighted by Crippen LogP contribution is -2.21. The van der Waals surface area contributed by atoms with E-state index < -0.39 is 6.03 Å². The molecular formula is C17H22ClN5O2. The Bertz CT molecular complexity index is 707. The van der Waals surface area contributed by atoms with E-state index in [1.165, 1.54) is 6.20 Å². The van der Waals surface area contributed by atoms with Crippen LogP contribution in [0, 0.1) is 6.92 Å². The Morgan fingerprint density at radius 1 is 1.24 bits per heavy atom. The molecule has 2 N–H and O–H groups in total. The zero-order valence-electron chi connectivity index (χ0n) is 14.5. The molecule has 1 aromatic carbocycles. The maximum Gasteiger partial charge on any atom is 0.325 e. The summed E-state index contributed by atoms with van der Waals surface area (Å²) in [5, 5.41) is 5.85. The molecule has 134 valence electrons. The molecule has 0 unspecified atom stereocenters. The number of carbonyl (C=O) groups is 1. The monoisotopic (exact) mass is 363 g/mol. The van der Waals surface area contributed by atoms with E-state index >= 15 is 0 Å². The lowest BCUT2D eigenvalue weighted by atomic mass is 10.3. The van der Waals surface area contributed by atoms with Crippen LogP contribution in [0.1, 0.15) is 12.1 Å². The van der Waals surface area contributed by atoms with Gasteiger partial charge in [-0.25, -0.2) is 9.78 Å². The molecule has 0 saturated heterocycles. The first kappa shape index (κ1) is 19.0. The first-order chi connectivity index (χ1) is 11.9. The SMILES string of the molecule is Cc1cnc(NC(=O)Nc2cc(Cl)ccc2OCCCN(C)C)cn1. The quantitative estimate of drug-likeness (QED) is 0.737. The highest BCUT2D eigenvalue weighted by molar-refractivity contribution is 6.31. The van der Waals surface area contributed by atoms with Crippen molar-refractivity contribution in [3.05, 3.63) is 41.3 Å². The molecule has 0 spiro atoms. The van der Waals surface area contributed by atoms with E-state index in [4.69, 9.17) is 16.3 Å². The normalized spacial score (nSPS) is 10.6. The molecule has 2 amide bonds. The number of hydrogen-bond acceptors (Lipinski definition) is 5. The summed E-state index contributed by atoms with van der Waals surface area (Å²) >= 11 is 6.02. The van der Waals surface area contributed by atoms with Crippen molar-refractivity contribution in [2.75, 3.05) is 37.9 Å². The number of ether oxygens (including phenoxy) is 1. The number of benzene rings is 1. The number of urea groups is 1. The van der Waals surface area contributed by atoms with E-state index in [0.717, 1.165) is 18.7 Å². The molecule has 2 aromatic rings. The number of hydrogen-bond donors (Lipinski definition) is 2. The van der Waals surface area contributed by atoms with Gasteiger partial charge in [-0.1, -0.05) is 11.6 Å². The highest BCUT2D eigenvalue weighted by atomic mass is 35.5. The Labute approximate surface area is 152 Å². The molecule has 7 nitrogen and oxygen atoms in total. The summed E-state index contributed by atoms with van der Waals surface area (Å²) in [6, 6.07) is 4.65. The lowest BCUT2D eigenvalue weighted by Gasteiger charge is -2.14. The molecule has 0 radical (unpaired) electrons. The van der Waals surface area contributed by atoms with Crippen molar-refractivity contribution in [1.29, 1.82) is 0 Å². The van der Waals surface area contributed by atoms with Gasteiger partial charge in [0.25, 0.3) is 0 Å². The Morgan fingerprint density at radius 3 is 2.72 bits per heavy atom. The van der Waals surface area contributed by atoms with Crippen molar-refractivity contribution in [3.8, 4) is 5.75 Å². The summed E-state index contributed by atoms with van der Waals surface area (Å²) in [6.45, 7) is 3.28. The lowest BCUT2D eigenvalue weighted by molar-refractivity contribution is 0.261. The predicted octanol–water partition coefficient (Wildman–Crippen LogP) is 3.41. The average Bonchev–Trinajstić information content (AvgIpc) is 2.55. The van der Waals surface area contributed by atoms with Crippen LogP contribution < -0.4 is 15.4 Å². The van der Waals surface area contributed by atoms with Gasteiger partial charge in [0.1, 0.15) is 5.75 Å². The number of carbonyl (C=O) groups excluding carboxylic acids is 1. The fourth-order valence-corrected chi connectivity index (χ4v) is 2.19. The minimum atomic E-state index is -0.446. The number of halogens is 1. The van der Waals surface area contributed by atoms with Crippen molar-refractivity contribution < 1.29 is 9.53 Å². The minimum Gasteiger partial charge on any atom is -0.491 e. The van der Waals surface area contributed by atoms with Gasteiger partial charge in [-0.15, -0.1) is 0 Å². The molecule has 8 heteroatoms. The van der Waals surface area contributed by atoms with Crippen LogP contribution in [0.25, 0.3) is 0 Å². The third-order valence-corrected chi connectivity index (χ3v) is 3.45. The second kappa shape index (κ2) is 9.19. The largest absolute Gasteiger partial charge is 0.491 e.